The van der Waals surface area contributed by atoms with E-state index < -0.39 is 0 Å². The summed E-state index contributed by atoms with van der Waals surface area (Å²) >= 11 is 0. The molecule has 1 atom stereocenters. The highest BCUT2D eigenvalue weighted by Gasteiger charge is 2.27. The lowest BCUT2D eigenvalue weighted by molar-refractivity contribution is -0.151. The first-order valence-corrected chi connectivity index (χ1v) is 6.17. The van der Waals surface area contributed by atoms with Crippen molar-refractivity contribution in [2.75, 3.05) is 13.2 Å². The van der Waals surface area contributed by atoms with Gasteiger partial charge in [-0.25, -0.2) is 0 Å². The molecule has 1 aliphatic heterocycles. The first kappa shape index (κ1) is 12.7. The second-order valence-corrected chi connectivity index (χ2v) is 5.03. The Hall–Kier alpha value is -1.71. The van der Waals surface area contributed by atoms with E-state index in [2.05, 4.69) is 0 Å². The van der Waals surface area contributed by atoms with E-state index in [9.17, 15) is 9.90 Å². The molecule has 1 N–H and O–H groups in total. The standard InChI is InChI=1S/C14H18O4/c1-9(2)7-18-14(16)11-5-10-6-12(15)3-4-13(10)17-8-11/h3-4,6,9,11,15H,5,7-8H2,1-2H3. The van der Waals surface area contributed by atoms with E-state index in [0.717, 1.165) is 11.3 Å². The van der Waals surface area contributed by atoms with E-state index in [0.29, 0.717) is 25.6 Å². The van der Waals surface area contributed by atoms with Gasteiger partial charge in [-0.2, -0.15) is 0 Å². The Kier molecular flexibility index (Phi) is 3.75. The van der Waals surface area contributed by atoms with Crippen molar-refractivity contribution in [3.8, 4) is 11.5 Å². The Labute approximate surface area is 107 Å². The summed E-state index contributed by atoms with van der Waals surface area (Å²) in [6.07, 6.45) is 0.556. The number of rotatable bonds is 3. The van der Waals surface area contributed by atoms with Crippen molar-refractivity contribution in [1.82, 2.24) is 0 Å². The van der Waals surface area contributed by atoms with Crippen LogP contribution in [0.2, 0.25) is 0 Å². The first-order chi connectivity index (χ1) is 8.56. The van der Waals surface area contributed by atoms with Crippen LogP contribution in [0.3, 0.4) is 0 Å². The largest absolute Gasteiger partial charge is 0.508 e. The molecule has 0 aromatic heterocycles. The number of phenolic OH excluding ortho intramolecular Hbond substituents is 1. The zero-order valence-corrected chi connectivity index (χ0v) is 10.7. The molecule has 0 aliphatic carbocycles. The molecule has 0 saturated carbocycles. The molecule has 1 heterocycles. The van der Waals surface area contributed by atoms with Crippen LogP contribution in [0.4, 0.5) is 0 Å². The molecule has 1 aromatic carbocycles. The molecule has 1 aromatic rings. The summed E-state index contributed by atoms with van der Waals surface area (Å²) in [6, 6.07) is 4.94. The second kappa shape index (κ2) is 5.29. The van der Waals surface area contributed by atoms with Crippen LogP contribution in [0.25, 0.3) is 0 Å². The van der Waals surface area contributed by atoms with Crippen LogP contribution in [-0.2, 0) is 16.0 Å². The molecule has 0 radical (unpaired) electrons. The van der Waals surface area contributed by atoms with Crippen molar-refractivity contribution in [1.29, 1.82) is 0 Å². The number of phenols is 1. The Morgan fingerprint density at radius 1 is 1.56 bits per heavy atom. The van der Waals surface area contributed by atoms with Crippen molar-refractivity contribution < 1.29 is 19.4 Å². The minimum absolute atomic E-state index is 0.188. The van der Waals surface area contributed by atoms with Gasteiger partial charge in [0.25, 0.3) is 0 Å². The van der Waals surface area contributed by atoms with Crippen molar-refractivity contribution in [3.63, 3.8) is 0 Å². The summed E-state index contributed by atoms with van der Waals surface area (Å²) < 4.78 is 10.7. The van der Waals surface area contributed by atoms with E-state index >= 15 is 0 Å². The molecule has 4 nitrogen and oxygen atoms in total. The molecule has 4 heteroatoms. The molecule has 1 unspecified atom stereocenters. The van der Waals surface area contributed by atoms with Crippen molar-refractivity contribution in [2.24, 2.45) is 11.8 Å². The lowest BCUT2D eigenvalue weighted by atomic mass is 9.96. The van der Waals surface area contributed by atoms with Crippen LogP contribution in [-0.4, -0.2) is 24.3 Å². The SMILES string of the molecule is CC(C)COC(=O)C1COc2ccc(O)cc2C1. The van der Waals surface area contributed by atoms with Gasteiger partial charge >= 0.3 is 5.97 Å². The van der Waals surface area contributed by atoms with Crippen LogP contribution < -0.4 is 4.74 Å². The maximum atomic E-state index is 11.8. The number of benzene rings is 1. The molecule has 1 aliphatic rings. The van der Waals surface area contributed by atoms with Crippen LogP contribution in [0, 0.1) is 11.8 Å². The molecular formula is C14H18O4. The van der Waals surface area contributed by atoms with Crippen molar-refractivity contribution in [2.45, 2.75) is 20.3 Å². The fourth-order valence-electron chi connectivity index (χ4n) is 1.90. The van der Waals surface area contributed by atoms with Gasteiger partial charge in [-0.15, -0.1) is 0 Å². The van der Waals surface area contributed by atoms with Gasteiger partial charge in [0.15, 0.2) is 0 Å². The first-order valence-electron chi connectivity index (χ1n) is 6.17. The number of carbonyl (C=O) groups excluding carboxylic acids is 1. The van der Waals surface area contributed by atoms with Gasteiger partial charge in [0.1, 0.15) is 18.1 Å². The van der Waals surface area contributed by atoms with Crippen LogP contribution in [0.15, 0.2) is 18.2 Å². The third-order valence-electron chi connectivity index (χ3n) is 2.84. The molecule has 0 saturated heterocycles. The van der Waals surface area contributed by atoms with Crippen LogP contribution in [0.5, 0.6) is 11.5 Å². The fraction of sp³-hybridized carbons (Fsp3) is 0.500. The Balaban J connectivity index is 2.00. The second-order valence-electron chi connectivity index (χ2n) is 5.03. The predicted octanol–water partition coefficient (Wildman–Crippen LogP) is 2.14. The summed E-state index contributed by atoms with van der Waals surface area (Å²) in [7, 11) is 0. The normalized spacial score (nSPS) is 18.1. The Morgan fingerprint density at radius 2 is 2.33 bits per heavy atom. The van der Waals surface area contributed by atoms with E-state index in [1.165, 1.54) is 0 Å². The number of aromatic hydroxyl groups is 1. The smallest absolute Gasteiger partial charge is 0.312 e. The van der Waals surface area contributed by atoms with E-state index in [1.807, 2.05) is 13.8 Å². The molecule has 2 rings (SSSR count). The quantitative estimate of drug-likeness (QED) is 0.835. The monoisotopic (exact) mass is 250 g/mol. The molecular weight excluding hydrogens is 232 g/mol. The summed E-state index contributed by atoms with van der Waals surface area (Å²) in [5, 5.41) is 9.42. The van der Waals surface area contributed by atoms with Crippen molar-refractivity contribution >= 4 is 5.97 Å². The number of carbonyl (C=O) groups is 1. The zero-order valence-electron chi connectivity index (χ0n) is 10.7. The van der Waals surface area contributed by atoms with Crippen molar-refractivity contribution in [3.05, 3.63) is 23.8 Å². The highest BCUT2D eigenvalue weighted by molar-refractivity contribution is 5.73. The van der Waals surface area contributed by atoms with Gasteiger partial charge < -0.3 is 14.6 Å². The molecule has 0 fully saturated rings. The highest BCUT2D eigenvalue weighted by atomic mass is 16.5. The average molecular weight is 250 g/mol. The number of esters is 1. The number of fused-ring (bicyclic) bond motifs is 1. The molecule has 0 amide bonds. The fourth-order valence-corrected chi connectivity index (χ4v) is 1.90. The van der Waals surface area contributed by atoms with E-state index in [-0.39, 0.29) is 17.6 Å². The lowest BCUT2D eigenvalue weighted by Gasteiger charge is -2.24. The lowest BCUT2D eigenvalue weighted by Crippen LogP contribution is -2.30. The minimum atomic E-state index is -0.280. The Morgan fingerprint density at radius 3 is 3.06 bits per heavy atom. The van der Waals surface area contributed by atoms with Crippen LogP contribution >= 0.6 is 0 Å². The van der Waals surface area contributed by atoms with Gasteiger partial charge in [0.05, 0.1) is 12.5 Å². The summed E-state index contributed by atoms with van der Waals surface area (Å²) in [5.41, 5.74) is 0.854. The average Bonchev–Trinajstić information content (AvgIpc) is 2.34. The molecule has 98 valence electrons. The minimum Gasteiger partial charge on any atom is -0.508 e. The topological polar surface area (TPSA) is 55.8 Å². The number of ether oxygens (including phenoxy) is 2. The molecule has 18 heavy (non-hydrogen) atoms. The number of hydrogen-bond donors (Lipinski definition) is 1. The Bertz CT molecular complexity index is 439. The molecule has 0 bridgehead atoms. The third-order valence-corrected chi connectivity index (χ3v) is 2.84. The van der Waals surface area contributed by atoms with Gasteiger partial charge in [-0.05, 0) is 36.1 Å². The van der Waals surface area contributed by atoms with E-state index in [1.54, 1.807) is 18.2 Å². The highest BCUT2D eigenvalue weighted by Crippen LogP contribution is 2.30. The van der Waals surface area contributed by atoms with Crippen LogP contribution in [0.1, 0.15) is 19.4 Å². The van der Waals surface area contributed by atoms with E-state index in [4.69, 9.17) is 9.47 Å². The zero-order chi connectivity index (χ0) is 13.1. The predicted molar refractivity (Wildman–Crippen MR) is 66.6 cm³/mol. The maximum Gasteiger partial charge on any atom is 0.312 e. The molecule has 0 spiro atoms. The summed E-state index contributed by atoms with van der Waals surface area (Å²) in [6.45, 7) is 4.77. The third kappa shape index (κ3) is 2.94. The van der Waals surface area contributed by atoms with Gasteiger partial charge in [-0.3, -0.25) is 4.79 Å². The van der Waals surface area contributed by atoms with Gasteiger partial charge in [-0.1, -0.05) is 13.8 Å². The summed E-state index contributed by atoms with van der Waals surface area (Å²) in [5.74, 6) is 0.750. The summed E-state index contributed by atoms with van der Waals surface area (Å²) in [4.78, 5) is 11.8. The van der Waals surface area contributed by atoms with Gasteiger partial charge in [0.2, 0.25) is 0 Å². The maximum absolute atomic E-state index is 11.8. The number of hydrogen-bond acceptors (Lipinski definition) is 4. The van der Waals surface area contributed by atoms with Gasteiger partial charge in [0, 0.05) is 0 Å².